The molecule has 1 rings (SSSR count). The van der Waals surface area contributed by atoms with E-state index in [0.29, 0.717) is 30.7 Å². The summed E-state index contributed by atoms with van der Waals surface area (Å²) in [5.74, 6) is 2.05. The van der Waals surface area contributed by atoms with Crippen LogP contribution in [0.25, 0.3) is 0 Å². The smallest absolute Gasteiger partial charge is 0.306 e. The highest BCUT2D eigenvalue weighted by Crippen LogP contribution is 2.18. The topological polar surface area (TPSA) is 178 Å². The Balaban J connectivity index is -0.000000151. The highest BCUT2D eigenvalue weighted by molar-refractivity contribution is 5.78. The van der Waals surface area contributed by atoms with Crippen LogP contribution in [-0.2, 0) is 33.4 Å². The Bertz CT molecular complexity index is 1140. The van der Waals surface area contributed by atoms with E-state index in [1.165, 1.54) is 65.4 Å². The van der Waals surface area contributed by atoms with E-state index in [4.69, 9.17) is 15.1 Å². The zero-order chi connectivity index (χ0) is 50.9. The Morgan fingerprint density at radius 1 is 0.683 bits per heavy atom. The van der Waals surface area contributed by atoms with Crippen molar-refractivity contribution in [3.8, 4) is 6.07 Å². The van der Waals surface area contributed by atoms with E-state index in [-0.39, 0.29) is 60.1 Å². The number of carbonyl (C=O) groups excluding carboxylic acids is 4. The number of hydrogen-bond acceptors (Lipinski definition) is 10. The van der Waals surface area contributed by atoms with E-state index in [1.54, 1.807) is 13.8 Å². The minimum Gasteiger partial charge on any atom is -0.481 e. The molecule has 0 unspecified atom stereocenters. The molecule has 13 nitrogen and oxygen atoms in total. The lowest BCUT2D eigenvalue weighted by molar-refractivity contribution is -0.155. The SMILES string of the molecule is CC(C)C(=O)NC1CCC1.CC(C)C(=O)NCC#N.CC(C)CC(=O)O.CC(C)CC(=O)OC(C)(C)C.CC(C)CCN(C)C.CCN(CC)CCC(C)C.COC(=O)CC(C)C. The van der Waals surface area contributed by atoms with Crippen molar-refractivity contribution in [3.63, 3.8) is 0 Å². The van der Waals surface area contributed by atoms with Crippen molar-refractivity contribution in [2.45, 2.75) is 195 Å². The zero-order valence-electron chi connectivity index (χ0n) is 45.0. The molecule has 0 atom stereocenters. The van der Waals surface area contributed by atoms with Gasteiger partial charge in [-0.25, -0.2) is 0 Å². The zero-order valence-corrected chi connectivity index (χ0v) is 45.0. The summed E-state index contributed by atoms with van der Waals surface area (Å²) in [4.78, 5) is 57.6. The van der Waals surface area contributed by atoms with E-state index in [0.717, 1.165) is 11.8 Å². The van der Waals surface area contributed by atoms with Crippen LogP contribution < -0.4 is 10.6 Å². The molecule has 0 bridgehead atoms. The van der Waals surface area contributed by atoms with Gasteiger partial charge in [0.1, 0.15) is 12.1 Å². The van der Waals surface area contributed by atoms with Crippen LogP contribution in [0.2, 0.25) is 0 Å². The Labute approximate surface area is 388 Å². The van der Waals surface area contributed by atoms with E-state index < -0.39 is 5.97 Å². The maximum Gasteiger partial charge on any atom is 0.306 e. The molecule has 0 radical (unpaired) electrons. The van der Waals surface area contributed by atoms with Crippen LogP contribution in [0.1, 0.15) is 183 Å². The molecule has 3 N–H and O–H groups in total. The lowest BCUT2D eigenvalue weighted by atomic mass is 9.93. The number of ether oxygens (including phenoxy) is 2. The number of carbonyl (C=O) groups is 5. The second-order valence-electron chi connectivity index (χ2n) is 19.9. The molecule has 1 fully saturated rings. The Morgan fingerprint density at radius 3 is 1.32 bits per heavy atom. The van der Waals surface area contributed by atoms with Gasteiger partial charge in [0.25, 0.3) is 0 Å². The molecule has 0 aromatic rings. The molecule has 0 heterocycles. The number of hydrogen-bond donors (Lipinski definition) is 3. The van der Waals surface area contributed by atoms with Crippen LogP contribution in [0.4, 0.5) is 0 Å². The number of amides is 2. The first-order valence-corrected chi connectivity index (χ1v) is 23.6. The Kier molecular flexibility index (Phi) is 51.4. The monoisotopic (exact) mass is 902 g/mol. The number of nitrogens with one attached hydrogen (secondary N) is 2. The lowest BCUT2D eigenvalue weighted by Crippen LogP contribution is -2.41. The molecule has 376 valence electrons. The molecule has 13 heteroatoms. The molecular weight excluding hydrogens is 799 g/mol. The summed E-state index contributed by atoms with van der Waals surface area (Å²) >= 11 is 0. The predicted octanol–water partition coefficient (Wildman–Crippen LogP) is 10.3. The first-order chi connectivity index (χ1) is 28.8. The van der Waals surface area contributed by atoms with Crippen LogP contribution in [0.15, 0.2) is 0 Å². The quantitative estimate of drug-likeness (QED) is 0.0881. The van der Waals surface area contributed by atoms with Crippen LogP contribution in [-0.4, -0.2) is 110 Å². The van der Waals surface area contributed by atoms with Gasteiger partial charge < -0.3 is 35.0 Å². The highest BCUT2D eigenvalue weighted by Gasteiger charge is 2.20. The van der Waals surface area contributed by atoms with Crippen LogP contribution in [0.3, 0.4) is 0 Å². The number of methoxy groups -OCH3 is 1. The Morgan fingerprint density at radius 2 is 1.10 bits per heavy atom. The number of carboxylic acid groups (broad SMARTS) is 1. The molecule has 0 aliphatic heterocycles. The third kappa shape index (κ3) is 70.7. The molecule has 0 saturated heterocycles. The highest BCUT2D eigenvalue weighted by atomic mass is 16.6. The van der Waals surface area contributed by atoms with Gasteiger partial charge in [0.05, 0.1) is 13.2 Å². The van der Waals surface area contributed by atoms with Crippen LogP contribution in [0.5, 0.6) is 0 Å². The fraction of sp³-hybridized carbons (Fsp3) is 0.880. The summed E-state index contributed by atoms with van der Waals surface area (Å²) in [6.07, 6.45) is 7.60. The van der Waals surface area contributed by atoms with E-state index in [2.05, 4.69) is 80.8 Å². The number of carboxylic acids is 1. The van der Waals surface area contributed by atoms with Gasteiger partial charge in [-0.05, 0) is 123 Å². The molecule has 1 aliphatic rings. The second-order valence-corrected chi connectivity index (χ2v) is 19.9. The van der Waals surface area contributed by atoms with E-state index in [1.807, 2.05) is 82.2 Å². The van der Waals surface area contributed by atoms with Gasteiger partial charge in [-0.2, -0.15) is 5.26 Å². The van der Waals surface area contributed by atoms with Crippen molar-refractivity contribution in [2.24, 2.45) is 41.4 Å². The molecule has 1 saturated carbocycles. The normalized spacial score (nSPS) is 11.8. The third-order valence-electron chi connectivity index (χ3n) is 8.29. The largest absolute Gasteiger partial charge is 0.481 e. The van der Waals surface area contributed by atoms with Crippen molar-refractivity contribution < 1.29 is 38.6 Å². The summed E-state index contributed by atoms with van der Waals surface area (Å²) in [6.45, 7) is 43.3. The summed E-state index contributed by atoms with van der Waals surface area (Å²) in [5.41, 5.74) is -0.341. The van der Waals surface area contributed by atoms with Crippen molar-refractivity contribution in [3.05, 3.63) is 0 Å². The lowest BCUT2D eigenvalue weighted by Gasteiger charge is -2.27. The van der Waals surface area contributed by atoms with Gasteiger partial charge in [-0.1, -0.05) is 111 Å². The molecule has 0 aromatic heterocycles. The van der Waals surface area contributed by atoms with Gasteiger partial charge >= 0.3 is 17.9 Å². The number of nitriles is 1. The van der Waals surface area contributed by atoms with Gasteiger partial charge in [0.15, 0.2) is 0 Å². The van der Waals surface area contributed by atoms with Crippen LogP contribution in [0, 0.1) is 52.8 Å². The fourth-order valence-electron chi connectivity index (χ4n) is 4.23. The average molecular weight is 902 g/mol. The number of aliphatic carboxylic acids is 1. The van der Waals surface area contributed by atoms with Crippen molar-refractivity contribution in [1.29, 1.82) is 5.26 Å². The molecular formula is C50H103N5O8. The standard InChI is InChI=1S/C9H21N.C9H18O2.C8H15NO.C7H17N.C6H10N2O.C6H12O2.C5H10O2/c1-5-10(6-2)8-7-9(3)4;1-7(2)6-8(10)11-9(3,4)5;1-6(2)8(10)9-7-4-3-5-7;1-7(2)5-6-8(3)4;1-5(2)6(9)8-4-3-7;1-5(2)4-6(7)8-3;1-4(2)3-5(6)7/h9H,5-8H2,1-4H3;7H,6H2,1-5H3;6-7H,3-5H2,1-2H3,(H,9,10);7H,5-6H2,1-4H3;5H,4H2,1-2H3,(H,8,9);5H,4H2,1-3H3;4H,3H2,1-2H3,(H,6,7). The van der Waals surface area contributed by atoms with Gasteiger partial charge in [-0.15, -0.1) is 0 Å². The predicted molar refractivity (Wildman–Crippen MR) is 263 cm³/mol. The number of rotatable bonds is 18. The van der Waals surface area contributed by atoms with Crippen LogP contribution >= 0.6 is 0 Å². The average Bonchev–Trinajstić information content (AvgIpc) is 3.11. The molecule has 0 aromatic carbocycles. The maximum atomic E-state index is 11.0. The summed E-state index contributed by atoms with van der Waals surface area (Å²) in [5, 5.41) is 21.5. The third-order valence-corrected chi connectivity index (χ3v) is 8.29. The minimum absolute atomic E-state index is 0.0293. The van der Waals surface area contributed by atoms with Crippen molar-refractivity contribution in [2.75, 3.05) is 53.9 Å². The van der Waals surface area contributed by atoms with Gasteiger partial charge in [0, 0.05) is 37.1 Å². The molecule has 63 heavy (non-hydrogen) atoms. The molecule has 0 spiro atoms. The first kappa shape index (κ1) is 71.4. The summed E-state index contributed by atoms with van der Waals surface area (Å²) in [6, 6.07) is 2.32. The van der Waals surface area contributed by atoms with Gasteiger partial charge in [0.2, 0.25) is 11.8 Å². The van der Waals surface area contributed by atoms with E-state index >= 15 is 0 Å². The molecule has 2 amide bonds. The van der Waals surface area contributed by atoms with Gasteiger partial charge in [-0.3, -0.25) is 24.0 Å². The Hall–Kier alpha value is -3.24. The maximum absolute atomic E-state index is 11.0. The first-order valence-electron chi connectivity index (χ1n) is 23.6. The minimum atomic E-state index is -0.713. The molecule has 1 aliphatic carbocycles. The number of nitrogens with zero attached hydrogens (tertiary/aromatic N) is 3. The van der Waals surface area contributed by atoms with Crippen molar-refractivity contribution >= 4 is 29.7 Å². The van der Waals surface area contributed by atoms with E-state index in [9.17, 15) is 24.0 Å². The summed E-state index contributed by atoms with van der Waals surface area (Å²) in [7, 11) is 5.63. The second kappa shape index (κ2) is 45.3. The number of esters is 2. The van der Waals surface area contributed by atoms with Crippen molar-refractivity contribution in [1.82, 2.24) is 20.4 Å². The summed E-state index contributed by atoms with van der Waals surface area (Å²) < 4.78 is 9.53. The fourth-order valence-corrected chi connectivity index (χ4v) is 4.23.